The Hall–Kier alpha value is -1.44. The second-order valence-corrected chi connectivity index (χ2v) is 5.90. The average molecular weight is 287 g/mol. The third kappa shape index (κ3) is 5.82. The van der Waals surface area contributed by atoms with Crippen LogP contribution in [0.2, 0.25) is 0 Å². The molecule has 0 aliphatic rings. The fourth-order valence-electron chi connectivity index (χ4n) is 1.53. The molecule has 0 saturated carbocycles. The van der Waals surface area contributed by atoms with E-state index in [0.717, 1.165) is 0 Å². The van der Waals surface area contributed by atoms with Crippen molar-refractivity contribution in [2.24, 2.45) is 0 Å². The number of carboxylic acid groups (broad SMARTS) is 1. The first-order valence-corrected chi connectivity index (χ1v) is 7.50. The second kappa shape index (κ2) is 7.22. The number of carboxylic acids is 1. The maximum Gasteiger partial charge on any atom is 0.335 e. The van der Waals surface area contributed by atoms with Crippen LogP contribution in [-0.4, -0.2) is 37.8 Å². The number of hydrogen-bond acceptors (Lipinski definition) is 4. The van der Waals surface area contributed by atoms with Crippen LogP contribution in [0.15, 0.2) is 24.3 Å². The summed E-state index contributed by atoms with van der Waals surface area (Å²) in [6, 6.07) is 5.84. The highest BCUT2D eigenvalue weighted by Crippen LogP contribution is 2.08. The Morgan fingerprint density at radius 2 is 2.00 bits per heavy atom. The lowest BCUT2D eigenvalue weighted by atomic mass is 10.1. The number of sulfonamides is 1. The van der Waals surface area contributed by atoms with Crippen molar-refractivity contribution in [3.63, 3.8) is 0 Å². The Morgan fingerprint density at radius 3 is 2.63 bits per heavy atom. The van der Waals surface area contributed by atoms with Gasteiger partial charge in [-0.05, 0) is 30.5 Å². The molecule has 0 aromatic heterocycles. The molecule has 0 spiro atoms. The van der Waals surface area contributed by atoms with Gasteiger partial charge in [0.25, 0.3) is 0 Å². The molecule has 0 atom stereocenters. The van der Waals surface area contributed by atoms with E-state index < -0.39 is 16.0 Å². The van der Waals surface area contributed by atoms with Gasteiger partial charge in [0.2, 0.25) is 10.0 Å². The van der Waals surface area contributed by atoms with Crippen molar-refractivity contribution in [2.45, 2.75) is 18.6 Å². The minimum atomic E-state index is -3.48. The zero-order valence-electron chi connectivity index (χ0n) is 10.4. The van der Waals surface area contributed by atoms with Crippen LogP contribution in [0.3, 0.4) is 0 Å². The molecule has 0 amide bonds. The predicted octanol–water partition coefficient (Wildman–Crippen LogP) is 0.577. The summed E-state index contributed by atoms with van der Waals surface area (Å²) in [5.74, 6) is -1.34. The molecule has 1 aromatic carbocycles. The summed E-state index contributed by atoms with van der Waals surface area (Å²) >= 11 is 0. The lowest BCUT2D eigenvalue weighted by Gasteiger charge is -2.07. The maximum absolute atomic E-state index is 11.7. The molecule has 0 fully saturated rings. The number of aromatic carboxylic acids is 1. The van der Waals surface area contributed by atoms with Gasteiger partial charge in [0.1, 0.15) is 0 Å². The van der Waals surface area contributed by atoms with E-state index in [0.29, 0.717) is 18.4 Å². The zero-order chi connectivity index (χ0) is 14.3. The fourth-order valence-corrected chi connectivity index (χ4v) is 2.70. The highest BCUT2D eigenvalue weighted by molar-refractivity contribution is 7.88. The molecule has 0 heterocycles. The average Bonchev–Trinajstić information content (AvgIpc) is 2.34. The number of aliphatic hydroxyl groups excluding tert-OH is 1. The summed E-state index contributed by atoms with van der Waals surface area (Å²) in [6.07, 6.45) is 1.10. The van der Waals surface area contributed by atoms with Crippen LogP contribution in [0.4, 0.5) is 0 Å². The molecule has 1 aromatic rings. The molecule has 0 unspecified atom stereocenters. The first-order chi connectivity index (χ1) is 8.94. The Bertz CT molecular complexity index is 527. The summed E-state index contributed by atoms with van der Waals surface area (Å²) in [4.78, 5) is 10.8. The summed E-state index contributed by atoms with van der Waals surface area (Å²) in [5, 5.41) is 17.4. The van der Waals surface area contributed by atoms with Crippen molar-refractivity contribution in [3.8, 4) is 0 Å². The van der Waals surface area contributed by atoms with E-state index in [1.165, 1.54) is 18.2 Å². The minimum absolute atomic E-state index is 0.0301. The Balaban J connectivity index is 2.62. The number of hydrogen-bond donors (Lipinski definition) is 3. The number of benzene rings is 1. The smallest absolute Gasteiger partial charge is 0.335 e. The van der Waals surface area contributed by atoms with Crippen LogP contribution in [0.25, 0.3) is 0 Å². The van der Waals surface area contributed by atoms with E-state index in [1.54, 1.807) is 6.07 Å². The molecule has 0 aliphatic heterocycles. The van der Waals surface area contributed by atoms with Gasteiger partial charge in [0, 0.05) is 13.2 Å². The second-order valence-electron chi connectivity index (χ2n) is 4.09. The van der Waals surface area contributed by atoms with Gasteiger partial charge < -0.3 is 10.2 Å². The van der Waals surface area contributed by atoms with Gasteiger partial charge >= 0.3 is 5.97 Å². The minimum Gasteiger partial charge on any atom is -0.478 e. The standard InChI is InChI=1S/C12H17NO5S/c14-7-2-1-6-13-19(17,18)9-10-4-3-5-11(8-10)12(15)16/h3-5,8,13-14H,1-2,6-7,9H2,(H,15,16). The molecular weight excluding hydrogens is 270 g/mol. The largest absolute Gasteiger partial charge is 0.478 e. The summed E-state index contributed by atoms with van der Waals surface area (Å²) in [6.45, 7) is 0.296. The molecule has 0 radical (unpaired) electrons. The van der Waals surface area contributed by atoms with E-state index in [-0.39, 0.29) is 24.5 Å². The predicted molar refractivity (Wildman–Crippen MR) is 70.3 cm³/mol. The Morgan fingerprint density at radius 1 is 1.26 bits per heavy atom. The fraction of sp³-hybridized carbons (Fsp3) is 0.417. The number of nitrogens with one attached hydrogen (secondary N) is 1. The zero-order valence-corrected chi connectivity index (χ0v) is 11.2. The van der Waals surface area contributed by atoms with Gasteiger partial charge in [-0.3, -0.25) is 0 Å². The molecule has 0 saturated heterocycles. The van der Waals surface area contributed by atoms with Crippen molar-refractivity contribution in [1.82, 2.24) is 4.72 Å². The first-order valence-electron chi connectivity index (χ1n) is 5.85. The highest BCUT2D eigenvalue weighted by atomic mass is 32.2. The van der Waals surface area contributed by atoms with Crippen molar-refractivity contribution >= 4 is 16.0 Å². The SMILES string of the molecule is O=C(O)c1cccc(CS(=O)(=O)NCCCCO)c1. The summed E-state index contributed by atoms with van der Waals surface area (Å²) < 4.78 is 25.9. The van der Waals surface area contributed by atoms with Crippen LogP contribution < -0.4 is 4.72 Å². The molecule has 0 aliphatic carbocycles. The number of rotatable bonds is 8. The lowest BCUT2D eigenvalue weighted by Crippen LogP contribution is -2.26. The van der Waals surface area contributed by atoms with E-state index in [2.05, 4.69) is 4.72 Å². The Labute approximate surface area is 112 Å². The van der Waals surface area contributed by atoms with Crippen LogP contribution in [0, 0.1) is 0 Å². The van der Waals surface area contributed by atoms with Crippen LogP contribution in [0.1, 0.15) is 28.8 Å². The lowest BCUT2D eigenvalue weighted by molar-refractivity contribution is 0.0696. The Kier molecular flexibility index (Phi) is 5.94. The van der Waals surface area contributed by atoms with E-state index >= 15 is 0 Å². The van der Waals surface area contributed by atoms with Crippen LogP contribution in [0.5, 0.6) is 0 Å². The molecular formula is C12H17NO5S. The molecule has 106 valence electrons. The topological polar surface area (TPSA) is 104 Å². The highest BCUT2D eigenvalue weighted by Gasteiger charge is 2.12. The molecule has 1 rings (SSSR count). The van der Waals surface area contributed by atoms with Gasteiger partial charge in [-0.25, -0.2) is 17.9 Å². The van der Waals surface area contributed by atoms with Gasteiger partial charge in [0.15, 0.2) is 0 Å². The maximum atomic E-state index is 11.7. The van der Waals surface area contributed by atoms with Gasteiger partial charge in [-0.1, -0.05) is 12.1 Å². The summed E-state index contributed by atoms with van der Waals surface area (Å²) in [5.41, 5.74) is 0.488. The molecule has 0 bridgehead atoms. The van der Waals surface area contributed by atoms with Crippen molar-refractivity contribution in [3.05, 3.63) is 35.4 Å². The first kappa shape index (κ1) is 15.6. The molecule has 3 N–H and O–H groups in total. The van der Waals surface area contributed by atoms with Crippen molar-refractivity contribution in [2.75, 3.05) is 13.2 Å². The number of carbonyl (C=O) groups is 1. The normalized spacial score (nSPS) is 11.4. The van der Waals surface area contributed by atoms with Gasteiger partial charge in [-0.15, -0.1) is 0 Å². The molecule has 6 nitrogen and oxygen atoms in total. The molecule has 7 heteroatoms. The molecule has 19 heavy (non-hydrogen) atoms. The van der Waals surface area contributed by atoms with E-state index in [4.69, 9.17) is 10.2 Å². The monoisotopic (exact) mass is 287 g/mol. The van der Waals surface area contributed by atoms with E-state index in [1.807, 2.05) is 0 Å². The van der Waals surface area contributed by atoms with Gasteiger partial charge in [0.05, 0.1) is 11.3 Å². The van der Waals surface area contributed by atoms with Crippen molar-refractivity contribution < 1.29 is 23.4 Å². The van der Waals surface area contributed by atoms with Gasteiger partial charge in [-0.2, -0.15) is 0 Å². The number of unbranched alkanes of at least 4 members (excludes halogenated alkanes) is 1. The number of aliphatic hydroxyl groups is 1. The van der Waals surface area contributed by atoms with Crippen LogP contribution in [-0.2, 0) is 15.8 Å². The van der Waals surface area contributed by atoms with E-state index in [9.17, 15) is 13.2 Å². The third-order valence-corrected chi connectivity index (χ3v) is 3.79. The quantitative estimate of drug-likeness (QED) is 0.607. The van der Waals surface area contributed by atoms with Crippen molar-refractivity contribution in [1.29, 1.82) is 0 Å². The third-order valence-electron chi connectivity index (χ3n) is 2.44. The van der Waals surface area contributed by atoms with Crippen LogP contribution >= 0.6 is 0 Å². The summed E-state index contributed by atoms with van der Waals surface area (Å²) in [7, 11) is -3.48.